The maximum atomic E-state index is 15.6. The van der Waals surface area contributed by atoms with Gasteiger partial charge in [0.15, 0.2) is 17.3 Å². The molecule has 1 aromatic carbocycles. The highest BCUT2D eigenvalue weighted by Crippen LogP contribution is 2.31. The first-order valence-electron chi connectivity index (χ1n) is 9.99. The standard InChI is InChI=1S/C24H17F2N7/c1-12-5-7-29-10-16(12)21-19(26)18(17(27)11-31-21)20(28)23-32-22-15(6-8-30-24(22)33-23)13-3-2-4-14(25)9-13/h2-11,28H,27H2,1H3,(H,30,32,33). The van der Waals surface area contributed by atoms with Crippen LogP contribution in [0.15, 0.2) is 61.2 Å². The summed E-state index contributed by atoms with van der Waals surface area (Å²) in [6.45, 7) is 1.82. The van der Waals surface area contributed by atoms with Crippen molar-refractivity contribution in [3.8, 4) is 22.4 Å². The highest BCUT2D eigenvalue weighted by molar-refractivity contribution is 6.13. The first-order chi connectivity index (χ1) is 15.9. The molecule has 0 radical (unpaired) electrons. The van der Waals surface area contributed by atoms with Gasteiger partial charge in [0.2, 0.25) is 0 Å². The Labute approximate surface area is 186 Å². The van der Waals surface area contributed by atoms with Gasteiger partial charge >= 0.3 is 0 Å². The number of aromatic nitrogens is 5. The van der Waals surface area contributed by atoms with Gasteiger partial charge < -0.3 is 10.7 Å². The number of rotatable bonds is 4. The van der Waals surface area contributed by atoms with Crippen molar-refractivity contribution in [3.63, 3.8) is 0 Å². The van der Waals surface area contributed by atoms with Crippen molar-refractivity contribution in [3.05, 3.63) is 89.8 Å². The fourth-order valence-corrected chi connectivity index (χ4v) is 3.70. The second kappa shape index (κ2) is 7.86. The lowest BCUT2D eigenvalue weighted by molar-refractivity contribution is 0.623. The van der Waals surface area contributed by atoms with Crippen LogP contribution in [0.2, 0.25) is 0 Å². The molecule has 5 rings (SSSR count). The van der Waals surface area contributed by atoms with Crippen LogP contribution in [0.4, 0.5) is 14.5 Å². The Hall–Kier alpha value is -4.53. The molecule has 0 fully saturated rings. The van der Waals surface area contributed by atoms with Crippen molar-refractivity contribution < 1.29 is 8.78 Å². The Morgan fingerprint density at radius 2 is 1.88 bits per heavy atom. The summed E-state index contributed by atoms with van der Waals surface area (Å²) in [6, 6.07) is 9.57. The second-order valence-corrected chi connectivity index (χ2v) is 7.47. The molecule has 0 aliphatic rings. The van der Waals surface area contributed by atoms with Gasteiger partial charge in [-0.3, -0.25) is 15.4 Å². The number of H-pyrrole nitrogens is 1. The van der Waals surface area contributed by atoms with E-state index >= 15 is 4.39 Å². The predicted molar refractivity (Wildman–Crippen MR) is 122 cm³/mol. The lowest BCUT2D eigenvalue weighted by Gasteiger charge is -2.11. The maximum absolute atomic E-state index is 15.6. The molecule has 9 heteroatoms. The van der Waals surface area contributed by atoms with E-state index in [1.807, 2.05) is 6.92 Å². The number of aryl methyl sites for hydroxylation is 1. The van der Waals surface area contributed by atoms with E-state index in [9.17, 15) is 4.39 Å². The number of anilines is 1. The lowest BCUT2D eigenvalue weighted by Crippen LogP contribution is -2.12. The Bertz CT molecular complexity index is 1540. The summed E-state index contributed by atoms with van der Waals surface area (Å²) in [4.78, 5) is 19.8. The fraction of sp³-hybridized carbons (Fsp3) is 0.0417. The second-order valence-electron chi connectivity index (χ2n) is 7.47. The molecule has 0 saturated heterocycles. The zero-order valence-corrected chi connectivity index (χ0v) is 17.4. The minimum atomic E-state index is -0.741. The number of nitrogen functional groups attached to an aromatic ring is 1. The topological polar surface area (TPSA) is 117 Å². The Morgan fingerprint density at radius 1 is 1.03 bits per heavy atom. The van der Waals surface area contributed by atoms with Crippen molar-refractivity contribution in [2.75, 3.05) is 5.73 Å². The zero-order chi connectivity index (χ0) is 23.1. The van der Waals surface area contributed by atoms with E-state index in [1.54, 1.807) is 36.7 Å². The molecule has 4 N–H and O–H groups in total. The summed E-state index contributed by atoms with van der Waals surface area (Å²) in [5, 5.41) is 8.66. The number of halogens is 2. The Morgan fingerprint density at radius 3 is 2.67 bits per heavy atom. The number of hydrogen-bond acceptors (Lipinski definition) is 6. The first-order valence-corrected chi connectivity index (χ1v) is 9.99. The number of pyridine rings is 3. The van der Waals surface area contributed by atoms with Crippen LogP contribution in [0.3, 0.4) is 0 Å². The van der Waals surface area contributed by atoms with E-state index in [-0.39, 0.29) is 34.3 Å². The summed E-state index contributed by atoms with van der Waals surface area (Å²) < 4.78 is 29.3. The Balaban J connectivity index is 1.64. The first kappa shape index (κ1) is 20.4. The van der Waals surface area contributed by atoms with Crippen molar-refractivity contribution in [2.24, 2.45) is 0 Å². The number of nitrogens with two attached hydrogens (primary N) is 1. The Kier molecular flexibility index (Phi) is 4.86. The number of nitrogens with one attached hydrogen (secondary N) is 2. The third kappa shape index (κ3) is 3.49. The number of nitrogens with zero attached hydrogens (tertiary/aromatic N) is 4. The van der Waals surface area contributed by atoms with Crippen molar-refractivity contribution in [1.82, 2.24) is 24.9 Å². The molecule has 4 aromatic heterocycles. The molecule has 7 nitrogen and oxygen atoms in total. The van der Waals surface area contributed by atoms with E-state index < -0.39 is 5.82 Å². The van der Waals surface area contributed by atoms with Crippen molar-refractivity contribution in [2.45, 2.75) is 6.92 Å². The van der Waals surface area contributed by atoms with Gasteiger partial charge in [-0.2, -0.15) is 0 Å². The summed E-state index contributed by atoms with van der Waals surface area (Å²) in [5.74, 6) is -1.04. The van der Waals surface area contributed by atoms with Gasteiger partial charge in [-0.05, 0) is 42.3 Å². The number of benzene rings is 1. The lowest BCUT2D eigenvalue weighted by atomic mass is 10.0. The molecule has 0 amide bonds. The van der Waals surface area contributed by atoms with Crippen LogP contribution in [0.25, 0.3) is 33.5 Å². The smallest absolute Gasteiger partial charge is 0.178 e. The third-order valence-electron chi connectivity index (χ3n) is 5.36. The molecular formula is C24H17F2N7. The monoisotopic (exact) mass is 441 g/mol. The molecule has 0 bridgehead atoms. The molecule has 5 aromatic rings. The number of hydrogen-bond donors (Lipinski definition) is 3. The molecule has 0 aliphatic heterocycles. The van der Waals surface area contributed by atoms with E-state index in [1.165, 1.54) is 24.5 Å². The van der Waals surface area contributed by atoms with Gasteiger partial charge in [-0.25, -0.2) is 18.7 Å². The normalized spacial score (nSPS) is 11.1. The molecule has 162 valence electrons. The predicted octanol–water partition coefficient (Wildman–Crippen LogP) is 4.67. The van der Waals surface area contributed by atoms with Gasteiger partial charge in [0.1, 0.15) is 17.2 Å². The number of imidazole rings is 1. The quantitative estimate of drug-likeness (QED) is 0.351. The van der Waals surface area contributed by atoms with E-state index in [0.717, 1.165) is 5.56 Å². The average Bonchev–Trinajstić information content (AvgIpc) is 3.24. The van der Waals surface area contributed by atoms with Crippen molar-refractivity contribution >= 4 is 22.6 Å². The van der Waals surface area contributed by atoms with Crippen LogP contribution in [0, 0.1) is 24.0 Å². The highest BCUT2D eigenvalue weighted by atomic mass is 19.1. The largest absolute Gasteiger partial charge is 0.397 e. The van der Waals surface area contributed by atoms with Crippen molar-refractivity contribution in [1.29, 1.82) is 5.41 Å². The molecule has 0 aliphatic carbocycles. The van der Waals surface area contributed by atoms with Gasteiger partial charge in [0.25, 0.3) is 0 Å². The molecule has 0 saturated carbocycles. The zero-order valence-electron chi connectivity index (χ0n) is 17.4. The summed E-state index contributed by atoms with van der Waals surface area (Å²) >= 11 is 0. The van der Waals surface area contributed by atoms with Crippen LogP contribution in [-0.4, -0.2) is 30.6 Å². The van der Waals surface area contributed by atoms with Crippen LogP contribution >= 0.6 is 0 Å². The minimum absolute atomic E-state index is 0.00145. The van der Waals surface area contributed by atoms with E-state index in [0.29, 0.717) is 27.9 Å². The molecule has 0 unspecified atom stereocenters. The molecule has 33 heavy (non-hydrogen) atoms. The van der Waals surface area contributed by atoms with Crippen LogP contribution < -0.4 is 5.73 Å². The summed E-state index contributed by atoms with van der Waals surface area (Å²) in [7, 11) is 0. The van der Waals surface area contributed by atoms with Crippen LogP contribution in [0.5, 0.6) is 0 Å². The van der Waals surface area contributed by atoms with Gasteiger partial charge in [-0.15, -0.1) is 0 Å². The van der Waals surface area contributed by atoms with Gasteiger partial charge in [-0.1, -0.05) is 12.1 Å². The summed E-state index contributed by atoms with van der Waals surface area (Å²) in [5.41, 5.74) is 9.06. The highest BCUT2D eigenvalue weighted by Gasteiger charge is 2.23. The molecular weight excluding hydrogens is 424 g/mol. The van der Waals surface area contributed by atoms with Gasteiger partial charge in [0, 0.05) is 29.7 Å². The average molecular weight is 441 g/mol. The molecule has 4 heterocycles. The number of aromatic amines is 1. The van der Waals surface area contributed by atoms with Crippen LogP contribution in [0.1, 0.15) is 17.0 Å². The fourth-order valence-electron chi connectivity index (χ4n) is 3.70. The summed E-state index contributed by atoms with van der Waals surface area (Å²) in [6.07, 6.45) is 5.98. The minimum Gasteiger partial charge on any atom is -0.397 e. The molecule has 0 spiro atoms. The third-order valence-corrected chi connectivity index (χ3v) is 5.36. The molecule has 0 atom stereocenters. The van der Waals surface area contributed by atoms with Gasteiger partial charge in [0.05, 0.1) is 23.0 Å². The number of fused-ring (bicyclic) bond motifs is 1. The van der Waals surface area contributed by atoms with E-state index in [4.69, 9.17) is 11.1 Å². The SMILES string of the molecule is Cc1ccncc1-c1ncc(N)c(C(=N)c2nc3nccc(-c4cccc(F)c4)c3[nH]2)c1F. The van der Waals surface area contributed by atoms with E-state index in [2.05, 4.69) is 24.9 Å². The van der Waals surface area contributed by atoms with Crippen LogP contribution in [-0.2, 0) is 0 Å². The maximum Gasteiger partial charge on any atom is 0.178 e.